The zero-order chi connectivity index (χ0) is 15.0. The van der Waals surface area contributed by atoms with Crippen LogP contribution in [0.5, 0.6) is 0 Å². The third-order valence-electron chi connectivity index (χ3n) is 3.09. The summed E-state index contributed by atoms with van der Waals surface area (Å²) >= 11 is 0. The molecule has 1 aromatic carbocycles. The molecule has 4 heteroatoms. The number of amides is 1. The lowest BCUT2D eigenvalue weighted by molar-refractivity contribution is -0.142. The van der Waals surface area contributed by atoms with Gasteiger partial charge < -0.3 is 10.0 Å². The number of nitrogens with zero attached hydrogens (tertiary/aromatic N) is 1. The summed E-state index contributed by atoms with van der Waals surface area (Å²) in [5.41, 5.74) is 1.10. The number of hydrogen-bond donors (Lipinski definition) is 1. The molecule has 4 nitrogen and oxygen atoms in total. The molecule has 1 unspecified atom stereocenters. The number of carboxylic acid groups (broad SMARTS) is 1. The predicted octanol–water partition coefficient (Wildman–Crippen LogP) is 2.35. The van der Waals surface area contributed by atoms with E-state index in [0.29, 0.717) is 19.4 Å². The van der Waals surface area contributed by atoms with Gasteiger partial charge in [0, 0.05) is 19.5 Å². The van der Waals surface area contributed by atoms with Crippen LogP contribution in [0, 0.1) is 5.92 Å². The van der Waals surface area contributed by atoms with Crippen LogP contribution in [-0.2, 0) is 16.0 Å². The molecule has 0 aliphatic heterocycles. The van der Waals surface area contributed by atoms with Gasteiger partial charge >= 0.3 is 5.97 Å². The van der Waals surface area contributed by atoms with E-state index in [4.69, 9.17) is 5.11 Å². The molecular weight excluding hydrogens is 254 g/mol. The van der Waals surface area contributed by atoms with Crippen LogP contribution in [0.3, 0.4) is 0 Å². The molecule has 0 fully saturated rings. The third-order valence-corrected chi connectivity index (χ3v) is 3.09. The van der Waals surface area contributed by atoms with Crippen molar-refractivity contribution in [2.45, 2.75) is 19.8 Å². The Morgan fingerprint density at radius 2 is 2.00 bits per heavy atom. The van der Waals surface area contributed by atoms with E-state index in [1.54, 1.807) is 17.9 Å². The Labute approximate surface area is 119 Å². The average Bonchev–Trinajstić information content (AvgIpc) is 2.45. The molecule has 0 saturated carbocycles. The van der Waals surface area contributed by atoms with Gasteiger partial charge in [-0.05, 0) is 12.0 Å². The van der Waals surface area contributed by atoms with Gasteiger partial charge in [0.15, 0.2) is 0 Å². The minimum Gasteiger partial charge on any atom is -0.481 e. The van der Waals surface area contributed by atoms with Crippen LogP contribution < -0.4 is 0 Å². The van der Waals surface area contributed by atoms with Crippen molar-refractivity contribution in [3.63, 3.8) is 0 Å². The van der Waals surface area contributed by atoms with Crippen LogP contribution in [0.25, 0.3) is 0 Å². The largest absolute Gasteiger partial charge is 0.481 e. The smallest absolute Gasteiger partial charge is 0.308 e. The second-order valence-electron chi connectivity index (χ2n) is 4.81. The zero-order valence-corrected chi connectivity index (χ0v) is 11.8. The molecule has 20 heavy (non-hydrogen) atoms. The lowest BCUT2D eigenvalue weighted by Crippen LogP contribution is -2.37. The maximum atomic E-state index is 12.1. The molecule has 1 amide bonds. The van der Waals surface area contributed by atoms with Crippen LogP contribution in [0.1, 0.15) is 18.9 Å². The fraction of sp³-hybridized carbons (Fsp3) is 0.375. The van der Waals surface area contributed by atoms with Crippen molar-refractivity contribution in [3.8, 4) is 0 Å². The Balaban J connectivity index is 2.55. The van der Waals surface area contributed by atoms with Crippen molar-refractivity contribution in [2.75, 3.05) is 13.1 Å². The number of carboxylic acids is 1. The molecule has 0 aliphatic carbocycles. The van der Waals surface area contributed by atoms with Gasteiger partial charge in [0.1, 0.15) is 0 Å². The summed E-state index contributed by atoms with van der Waals surface area (Å²) in [6, 6.07) is 9.77. The van der Waals surface area contributed by atoms with Gasteiger partial charge in [0.05, 0.1) is 5.92 Å². The molecule has 0 saturated heterocycles. The van der Waals surface area contributed by atoms with Crippen LogP contribution in [0.4, 0.5) is 0 Å². The SMILES string of the molecule is C=CCN(CC(C)C(=O)O)C(=O)CCc1ccccc1. The molecule has 1 rings (SSSR count). The monoisotopic (exact) mass is 275 g/mol. The fourth-order valence-electron chi connectivity index (χ4n) is 1.90. The molecule has 0 aromatic heterocycles. The maximum absolute atomic E-state index is 12.1. The summed E-state index contributed by atoms with van der Waals surface area (Å²) in [4.78, 5) is 24.6. The molecule has 0 radical (unpaired) electrons. The van der Waals surface area contributed by atoms with E-state index in [9.17, 15) is 9.59 Å². The molecule has 1 aromatic rings. The van der Waals surface area contributed by atoms with E-state index < -0.39 is 11.9 Å². The normalized spacial score (nSPS) is 11.7. The van der Waals surface area contributed by atoms with E-state index in [1.165, 1.54) is 0 Å². The highest BCUT2D eigenvalue weighted by Gasteiger charge is 2.19. The van der Waals surface area contributed by atoms with Crippen LogP contribution >= 0.6 is 0 Å². The minimum atomic E-state index is -0.894. The molecule has 1 atom stereocenters. The van der Waals surface area contributed by atoms with Crippen molar-refractivity contribution in [1.82, 2.24) is 4.90 Å². The van der Waals surface area contributed by atoms with E-state index in [1.807, 2.05) is 30.3 Å². The Morgan fingerprint density at radius 1 is 1.35 bits per heavy atom. The highest BCUT2D eigenvalue weighted by Crippen LogP contribution is 2.07. The Morgan fingerprint density at radius 3 is 2.55 bits per heavy atom. The number of rotatable bonds is 8. The maximum Gasteiger partial charge on any atom is 0.308 e. The first-order valence-electron chi connectivity index (χ1n) is 6.70. The Bertz CT molecular complexity index is 456. The lowest BCUT2D eigenvalue weighted by atomic mass is 10.1. The van der Waals surface area contributed by atoms with Crippen molar-refractivity contribution in [2.24, 2.45) is 5.92 Å². The summed E-state index contributed by atoms with van der Waals surface area (Å²) in [5, 5.41) is 8.93. The van der Waals surface area contributed by atoms with Gasteiger partial charge in [0.2, 0.25) is 5.91 Å². The van der Waals surface area contributed by atoms with Gasteiger partial charge in [-0.3, -0.25) is 9.59 Å². The summed E-state index contributed by atoms with van der Waals surface area (Å²) < 4.78 is 0. The number of hydrogen-bond acceptors (Lipinski definition) is 2. The highest BCUT2D eigenvalue weighted by atomic mass is 16.4. The molecule has 108 valence electrons. The topological polar surface area (TPSA) is 57.6 Å². The van der Waals surface area contributed by atoms with Crippen molar-refractivity contribution in [3.05, 3.63) is 48.6 Å². The van der Waals surface area contributed by atoms with E-state index in [0.717, 1.165) is 5.56 Å². The second-order valence-corrected chi connectivity index (χ2v) is 4.81. The fourth-order valence-corrected chi connectivity index (χ4v) is 1.90. The number of aliphatic carboxylic acids is 1. The molecule has 0 heterocycles. The summed E-state index contributed by atoms with van der Waals surface area (Å²) in [6.45, 7) is 5.81. The van der Waals surface area contributed by atoms with Crippen LogP contribution in [0.15, 0.2) is 43.0 Å². The third kappa shape index (κ3) is 5.26. The molecule has 0 aliphatic rings. The highest BCUT2D eigenvalue weighted by molar-refractivity contribution is 5.78. The average molecular weight is 275 g/mol. The predicted molar refractivity (Wildman–Crippen MR) is 78.3 cm³/mol. The Hall–Kier alpha value is -2.10. The number of aryl methyl sites for hydroxylation is 1. The van der Waals surface area contributed by atoms with Gasteiger partial charge in [-0.2, -0.15) is 0 Å². The summed E-state index contributed by atoms with van der Waals surface area (Å²) in [6.07, 6.45) is 2.66. The number of carbonyl (C=O) groups excluding carboxylic acids is 1. The van der Waals surface area contributed by atoms with Gasteiger partial charge in [-0.1, -0.05) is 43.3 Å². The Kier molecular flexibility index (Phi) is 6.50. The zero-order valence-electron chi connectivity index (χ0n) is 11.8. The quantitative estimate of drug-likeness (QED) is 0.741. The molecule has 0 bridgehead atoms. The first-order chi connectivity index (χ1) is 9.54. The molecule has 0 spiro atoms. The van der Waals surface area contributed by atoms with E-state index in [-0.39, 0.29) is 12.5 Å². The van der Waals surface area contributed by atoms with Gasteiger partial charge in [-0.25, -0.2) is 0 Å². The van der Waals surface area contributed by atoms with Crippen LogP contribution in [-0.4, -0.2) is 35.0 Å². The first kappa shape index (κ1) is 16.0. The minimum absolute atomic E-state index is 0.0400. The first-order valence-corrected chi connectivity index (χ1v) is 6.70. The van der Waals surface area contributed by atoms with Crippen LogP contribution in [0.2, 0.25) is 0 Å². The number of carbonyl (C=O) groups is 2. The van der Waals surface area contributed by atoms with E-state index >= 15 is 0 Å². The second kappa shape index (κ2) is 8.15. The standard InChI is InChI=1S/C16H21NO3/c1-3-11-17(12-13(2)16(19)20)15(18)10-9-14-7-5-4-6-8-14/h3-8,13H,1,9-12H2,2H3,(H,19,20). The lowest BCUT2D eigenvalue weighted by Gasteiger charge is -2.23. The van der Waals surface area contributed by atoms with Crippen molar-refractivity contribution in [1.29, 1.82) is 0 Å². The van der Waals surface area contributed by atoms with Crippen molar-refractivity contribution >= 4 is 11.9 Å². The number of benzene rings is 1. The molecular formula is C16H21NO3. The summed E-state index contributed by atoms with van der Waals surface area (Å²) in [5.74, 6) is -1.51. The van der Waals surface area contributed by atoms with Crippen molar-refractivity contribution < 1.29 is 14.7 Å². The van der Waals surface area contributed by atoms with Gasteiger partial charge in [-0.15, -0.1) is 6.58 Å². The van der Waals surface area contributed by atoms with Gasteiger partial charge in [0.25, 0.3) is 0 Å². The molecule has 1 N–H and O–H groups in total. The summed E-state index contributed by atoms with van der Waals surface area (Å²) in [7, 11) is 0. The van der Waals surface area contributed by atoms with E-state index in [2.05, 4.69) is 6.58 Å².